The second-order valence-corrected chi connectivity index (χ2v) is 5.95. The van der Waals surface area contributed by atoms with Gasteiger partial charge in [0.25, 0.3) is 0 Å². The van der Waals surface area contributed by atoms with Crippen LogP contribution in [0.4, 0.5) is 10.1 Å². The predicted octanol–water partition coefficient (Wildman–Crippen LogP) is 4.84. The van der Waals surface area contributed by atoms with E-state index in [1.54, 1.807) is 24.9 Å². The van der Waals surface area contributed by atoms with E-state index in [2.05, 4.69) is 32.5 Å². The lowest BCUT2D eigenvalue weighted by Crippen LogP contribution is -1.99. The largest absolute Gasteiger partial charge is 0.268 e. The lowest BCUT2D eigenvalue weighted by atomic mass is 9.96. The van der Waals surface area contributed by atoms with Crippen molar-refractivity contribution >= 4 is 39.1 Å². The highest BCUT2D eigenvalue weighted by molar-refractivity contribution is 14.1. The van der Waals surface area contributed by atoms with Gasteiger partial charge in [-0.05, 0) is 45.9 Å². The number of aromatic nitrogens is 2. The predicted molar refractivity (Wildman–Crippen MR) is 89.8 cm³/mol. The minimum Gasteiger partial charge on any atom is -0.268 e. The fourth-order valence-electron chi connectivity index (χ4n) is 2.59. The fraction of sp³-hybridized carbons (Fsp3) is 0.125. The Balaban J connectivity index is 2.55. The zero-order valence-electron chi connectivity index (χ0n) is 11.5. The van der Waals surface area contributed by atoms with Crippen molar-refractivity contribution in [2.24, 2.45) is 7.05 Å². The first-order valence-electron chi connectivity index (χ1n) is 6.32. The van der Waals surface area contributed by atoms with E-state index in [1.807, 2.05) is 24.3 Å². The molecule has 0 bridgehead atoms. The van der Waals surface area contributed by atoms with Crippen LogP contribution in [0.1, 0.15) is 5.56 Å². The van der Waals surface area contributed by atoms with Crippen LogP contribution >= 0.6 is 22.6 Å². The molecule has 0 saturated heterocycles. The molecule has 0 amide bonds. The molecule has 0 unspecified atom stereocenters. The molecular formula is C16H11FIN3. The van der Waals surface area contributed by atoms with Crippen LogP contribution in [0.2, 0.25) is 0 Å². The Labute approximate surface area is 135 Å². The summed E-state index contributed by atoms with van der Waals surface area (Å²) in [6, 6.07) is 7.44. The zero-order chi connectivity index (χ0) is 15.1. The molecular weight excluding hydrogens is 380 g/mol. The molecule has 5 heteroatoms. The second-order valence-electron chi connectivity index (χ2n) is 4.78. The first-order valence-corrected chi connectivity index (χ1v) is 7.40. The van der Waals surface area contributed by atoms with E-state index in [0.29, 0.717) is 22.5 Å². The van der Waals surface area contributed by atoms with Crippen molar-refractivity contribution in [2.45, 2.75) is 6.92 Å². The molecule has 3 rings (SSSR count). The summed E-state index contributed by atoms with van der Waals surface area (Å²) in [5, 5.41) is 5.71. The molecule has 0 aliphatic heterocycles. The summed E-state index contributed by atoms with van der Waals surface area (Å²) in [5.41, 5.74) is 1.89. The number of rotatable bonds is 1. The number of nitrogens with zero attached hydrogens (tertiary/aromatic N) is 3. The van der Waals surface area contributed by atoms with Gasteiger partial charge in [-0.25, -0.2) is 9.24 Å². The third-order valence-corrected chi connectivity index (χ3v) is 4.40. The molecule has 0 saturated carbocycles. The topological polar surface area (TPSA) is 22.2 Å². The van der Waals surface area contributed by atoms with Gasteiger partial charge in [0.15, 0.2) is 0 Å². The van der Waals surface area contributed by atoms with Crippen LogP contribution in [-0.2, 0) is 7.05 Å². The van der Waals surface area contributed by atoms with Gasteiger partial charge >= 0.3 is 0 Å². The van der Waals surface area contributed by atoms with Gasteiger partial charge in [0.1, 0.15) is 5.82 Å². The molecule has 21 heavy (non-hydrogen) atoms. The van der Waals surface area contributed by atoms with Crippen molar-refractivity contribution in [3.63, 3.8) is 0 Å². The van der Waals surface area contributed by atoms with Crippen LogP contribution in [0.25, 0.3) is 26.9 Å². The Bertz CT molecular complexity index is 887. The highest BCUT2D eigenvalue weighted by Gasteiger charge is 2.22. The monoisotopic (exact) mass is 391 g/mol. The van der Waals surface area contributed by atoms with Crippen LogP contribution in [0.15, 0.2) is 30.5 Å². The molecule has 0 fully saturated rings. The van der Waals surface area contributed by atoms with Gasteiger partial charge in [-0.1, -0.05) is 24.3 Å². The maximum absolute atomic E-state index is 14.9. The van der Waals surface area contributed by atoms with Crippen LogP contribution in [0.5, 0.6) is 0 Å². The van der Waals surface area contributed by atoms with Gasteiger partial charge in [0.05, 0.1) is 22.0 Å². The highest BCUT2D eigenvalue weighted by atomic mass is 127. The van der Waals surface area contributed by atoms with E-state index < -0.39 is 0 Å². The van der Waals surface area contributed by atoms with Gasteiger partial charge in [-0.3, -0.25) is 4.68 Å². The maximum atomic E-state index is 14.9. The van der Waals surface area contributed by atoms with E-state index in [4.69, 9.17) is 6.57 Å². The molecule has 1 aromatic heterocycles. The summed E-state index contributed by atoms with van der Waals surface area (Å²) < 4.78 is 17.4. The quantitative estimate of drug-likeness (QED) is 0.430. The smallest absolute Gasteiger partial charge is 0.207 e. The molecule has 0 atom stereocenters. The Morgan fingerprint density at radius 1 is 1.29 bits per heavy atom. The number of halogens is 2. The lowest BCUT2D eigenvalue weighted by molar-refractivity contribution is 0.622. The first-order chi connectivity index (χ1) is 10.1. The van der Waals surface area contributed by atoms with Gasteiger partial charge in [0, 0.05) is 12.6 Å². The molecule has 0 spiro atoms. The highest BCUT2D eigenvalue weighted by Crippen LogP contribution is 2.42. The maximum Gasteiger partial charge on any atom is 0.207 e. The van der Waals surface area contributed by atoms with Gasteiger partial charge < -0.3 is 0 Å². The van der Waals surface area contributed by atoms with Gasteiger partial charge in [-0.2, -0.15) is 5.10 Å². The third-order valence-electron chi connectivity index (χ3n) is 3.61. The minimum atomic E-state index is -0.346. The number of fused-ring (bicyclic) bond motifs is 1. The van der Waals surface area contributed by atoms with Crippen LogP contribution < -0.4 is 0 Å². The van der Waals surface area contributed by atoms with Gasteiger partial charge in [-0.15, -0.1) is 0 Å². The van der Waals surface area contributed by atoms with E-state index in [9.17, 15) is 4.39 Å². The number of hydrogen-bond acceptors (Lipinski definition) is 1. The normalized spacial score (nSPS) is 10.8. The zero-order valence-corrected chi connectivity index (χ0v) is 13.6. The molecule has 0 N–H and O–H groups in total. The van der Waals surface area contributed by atoms with E-state index in [-0.39, 0.29) is 5.82 Å². The summed E-state index contributed by atoms with van der Waals surface area (Å²) in [7, 11) is 1.76. The standard InChI is InChI=1S/C16H11FIN3/c1-9-10-6-4-5-7-11(10)15(19-2)13(14(9)17)16-12(18)8-20-21(16)3/h4-8H,1,3H3. The Kier molecular flexibility index (Phi) is 3.41. The minimum absolute atomic E-state index is 0.339. The van der Waals surface area contributed by atoms with Crippen molar-refractivity contribution < 1.29 is 4.39 Å². The van der Waals surface area contributed by atoms with Crippen molar-refractivity contribution in [2.75, 3.05) is 0 Å². The Morgan fingerprint density at radius 2 is 1.95 bits per heavy atom. The van der Waals surface area contributed by atoms with Crippen molar-refractivity contribution in [1.29, 1.82) is 0 Å². The summed E-state index contributed by atoms with van der Waals surface area (Å²) in [6.07, 6.45) is 1.67. The molecule has 0 radical (unpaired) electrons. The Morgan fingerprint density at radius 3 is 2.52 bits per heavy atom. The van der Waals surface area contributed by atoms with Crippen molar-refractivity contribution in [1.82, 2.24) is 9.78 Å². The van der Waals surface area contributed by atoms with Gasteiger partial charge in [0.2, 0.25) is 5.69 Å². The molecule has 3 aromatic rings. The number of benzene rings is 2. The second kappa shape index (κ2) is 5.11. The summed E-state index contributed by atoms with van der Waals surface area (Å²) in [6.45, 7) is 9.25. The average Bonchev–Trinajstić information content (AvgIpc) is 2.82. The average molecular weight is 391 g/mol. The molecule has 3 nitrogen and oxygen atoms in total. The first kappa shape index (κ1) is 14.0. The van der Waals surface area contributed by atoms with Crippen LogP contribution in [-0.4, -0.2) is 9.78 Å². The molecule has 0 aliphatic carbocycles. The van der Waals surface area contributed by atoms with E-state index in [1.165, 1.54) is 0 Å². The molecule has 1 heterocycles. The SMILES string of the molecule is [C-]#[N+]c1c(-c2c(I)cnn2C)c(F)c(C)c2ccccc12. The third kappa shape index (κ3) is 2.02. The van der Waals surface area contributed by atoms with E-state index in [0.717, 1.165) is 14.3 Å². The van der Waals surface area contributed by atoms with Crippen molar-refractivity contribution in [3.05, 3.63) is 56.8 Å². The summed E-state index contributed by atoms with van der Waals surface area (Å²) in [4.78, 5) is 3.60. The lowest BCUT2D eigenvalue weighted by Gasteiger charge is -2.13. The molecule has 0 aliphatic rings. The summed E-state index contributed by atoms with van der Waals surface area (Å²) in [5.74, 6) is -0.346. The number of hydrogen-bond donors (Lipinski definition) is 0. The van der Waals surface area contributed by atoms with Crippen LogP contribution in [0, 0.1) is 22.9 Å². The molecule has 2 aromatic carbocycles. The van der Waals surface area contributed by atoms with Crippen molar-refractivity contribution in [3.8, 4) is 11.3 Å². The Hall–Kier alpha value is -1.94. The van der Waals surface area contributed by atoms with Crippen LogP contribution in [0.3, 0.4) is 0 Å². The molecule has 104 valence electrons. The summed E-state index contributed by atoms with van der Waals surface area (Å²) >= 11 is 2.12. The van der Waals surface area contributed by atoms with E-state index >= 15 is 0 Å². The fourth-order valence-corrected chi connectivity index (χ4v) is 3.33. The number of aryl methyl sites for hydroxylation is 2.